The maximum atomic E-state index is 10.3. The van der Waals surface area contributed by atoms with Gasteiger partial charge in [-0.2, -0.15) is 0 Å². The van der Waals surface area contributed by atoms with Crippen LogP contribution in [0.15, 0.2) is 24.1 Å². The number of hydrogen-bond acceptors (Lipinski definition) is 3. The summed E-state index contributed by atoms with van der Waals surface area (Å²) in [4.78, 5) is 14.9. The molecule has 0 aliphatic carbocycles. The van der Waals surface area contributed by atoms with Crippen molar-refractivity contribution in [2.24, 2.45) is 5.73 Å². The third-order valence-electron chi connectivity index (χ3n) is 0.824. The first-order chi connectivity index (χ1) is 4.30. The molecule has 0 aromatic heterocycles. The molecule has 1 heterocycles. The van der Waals surface area contributed by atoms with Gasteiger partial charge in [-0.3, -0.25) is 4.79 Å². The minimum atomic E-state index is -0.577. The van der Waals surface area contributed by atoms with E-state index >= 15 is 0 Å². The first-order valence-electron chi connectivity index (χ1n) is 2.40. The molecule has 0 radical (unpaired) electrons. The molecule has 0 saturated carbocycles. The van der Waals surface area contributed by atoms with Crippen LogP contribution in [0.25, 0.3) is 0 Å². The Kier molecular flexibility index (Phi) is 1.40. The maximum absolute atomic E-state index is 10.3. The number of carbonyl (C=O) groups is 1. The van der Waals surface area contributed by atoms with Crippen LogP contribution >= 0.6 is 0 Å². The number of rotatable bonds is 1. The second-order valence-corrected chi connectivity index (χ2v) is 1.47. The van der Waals surface area contributed by atoms with E-state index < -0.39 is 5.91 Å². The van der Waals surface area contributed by atoms with Gasteiger partial charge in [-0.05, 0) is 12.2 Å². The van der Waals surface area contributed by atoms with Crippen molar-refractivity contribution >= 4 is 5.91 Å². The van der Waals surface area contributed by atoms with Crippen molar-refractivity contribution < 1.29 is 9.63 Å². The standard InChI is InChI=1S/C5H6N2O2/c6-5(8)4-2-1-3-7-9-4/h1-3,7H,(H2,6,8). The van der Waals surface area contributed by atoms with E-state index in [0.717, 1.165) is 0 Å². The minimum Gasteiger partial charge on any atom is -0.377 e. The van der Waals surface area contributed by atoms with Crippen LogP contribution in [0.1, 0.15) is 0 Å². The summed E-state index contributed by atoms with van der Waals surface area (Å²) < 4.78 is 0. The van der Waals surface area contributed by atoms with E-state index in [-0.39, 0.29) is 5.76 Å². The van der Waals surface area contributed by atoms with Gasteiger partial charge in [0.15, 0.2) is 0 Å². The molecular formula is C5H6N2O2. The highest BCUT2D eigenvalue weighted by Crippen LogP contribution is 1.97. The van der Waals surface area contributed by atoms with Gasteiger partial charge in [0.05, 0.1) is 0 Å². The lowest BCUT2D eigenvalue weighted by Crippen LogP contribution is -2.21. The Labute approximate surface area is 51.9 Å². The molecule has 4 nitrogen and oxygen atoms in total. The summed E-state index contributed by atoms with van der Waals surface area (Å²) in [5.41, 5.74) is 7.23. The summed E-state index contributed by atoms with van der Waals surface area (Å²) >= 11 is 0. The summed E-state index contributed by atoms with van der Waals surface area (Å²) in [6, 6.07) is 0. The van der Waals surface area contributed by atoms with Crippen molar-refractivity contribution in [2.75, 3.05) is 0 Å². The van der Waals surface area contributed by atoms with Gasteiger partial charge in [-0.1, -0.05) is 0 Å². The lowest BCUT2D eigenvalue weighted by molar-refractivity contribution is -0.118. The van der Waals surface area contributed by atoms with E-state index in [9.17, 15) is 4.79 Å². The van der Waals surface area contributed by atoms with Crippen LogP contribution in [-0.4, -0.2) is 5.91 Å². The summed E-state index contributed by atoms with van der Waals surface area (Å²) in [5, 5.41) is 0. The molecule has 9 heavy (non-hydrogen) atoms. The number of hydrogen-bond donors (Lipinski definition) is 2. The molecule has 0 saturated heterocycles. The molecule has 0 spiro atoms. The summed E-state index contributed by atoms with van der Waals surface area (Å²) in [7, 11) is 0. The molecule has 48 valence electrons. The fourth-order valence-electron chi connectivity index (χ4n) is 0.439. The van der Waals surface area contributed by atoms with E-state index in [4.69, 9.17) is 5.73 Å². The molecule has 0 aromatic rings. The number of nitrogens with one attached hydrogen (secondary N) is 1. The van der Waals surface area contributed by atoms with Crippen molar-refractivity contribution in [1.29, 1.82) is 0 Å². The molecule has 3 N–H and O–H groups in total. The Morgan fingerprint density at radius 1 is 1.78 bits per heavy atom. The average molecular weight is 126 g/mol. The zero-order chi connectivity index (χ0) is 6.69. The summed E-state index contributed by atoms with van der Waals surface area (Å²) in [6.45, 7) is 0. The number of carbonyl (C=O) groups excluding carboxylic acids is 1. The van der Waals surface area contributed by atoms with Crippen molar-refractivity contribution in [3.05, 3.63) is 24.1 Å². The maximum Gasteiger partial charge on any atom is 0.287 e. The van der Waals surface area contributed by atoms with E-state index in [2.05, 4.69) is 10.3 Å². The van der Waals surface area contributed by atoms with E-state index in [1.165, 1.54) is 6.08 Å². The number of allylic oxidation sites excluding steroid dienone is 2. The molecule has 0 fully saturated rings. The molecule has 0 atom stereocenters. The molecule has 1 aliphatic rings. The highest BCUT2D eigenvalue weighted by molar-refractivity contribution is 5.90. The smallest absolute Gasteiger partial charge is 0.287 e. The van der Waals surface area contributed by atoms with Crippen molar-refractivity contribution in [1.82, 2.24) is 5.48 Å². The van der Waals surface area contributed by atoms with Gasteiger partial charge < -0.3 is 10.6 Å². The van der Waals surface area contributed by atoms with Crippen molar-refractivity contribution in [3.63, 3.8) is 0 Å². The van der Waals surface area contributed by atoms with Crippen LogP contribution in [-0.2, 0) is 9.63 Å². The zero-order valence-corrected chi connectivity index (χ0v) is 4.63. The van der Waals surface area contributed by atoms with E-state index in [0.29, 0.717) is 0 Å². The quantitative estimate of drug-likeness (QED) is 0.493. The highest BCUT2D eigenvalue weighted by Gasteiger charge is 2.05. The first-order valence-corrected chi connectivity index (χ1v) is 2.40. The van der Waals surface area contributed by atoms with Gasteiger partial charge >= 0.3 is 0 Å². The molecule has 1 amide bonds. The summed E-state index contributed by atoms with van der Waals surface area (Å²) in [5.74, 6) is -0.454. The average Bonchev–Trinajstić information content (AvgIpc) is 1.90. The van der Waals surface area contributed by atoms with E-state index in [1.807, 2.05) is 0 Å². The Hall–Kier alpha value is -1.45. The van der Waals surface area contributed by atoms with Crippen molar-refractivity contribution in [3.8, 4) is 0 Å². The Balaban J connectivity index is 2.68. The molecular weight excluding hydrogens is 120 g/mol. The van der Waals surface area contributed by atoms with Crippen LogP contribution < -0.4 is 11.2 Å². The third-order valence-corrected chi connectivity index (χ3v) is 0.824. The second kappa shape index (κ2) is 2.21. The molecule has 1 aliphatic heterocycles. The highest BCUT2D eigenvalue weighted by atomic mass is 16.7. The Morgan fingerprint density at radius 3 is 2.89 bits per heavy atom. The zero-order valence-electron chi connectivity index (χ0n) is 4.63. The van der Waals surface area contributed by atoms with Crippen LogP contribution in [0.3, 0.4) is 0 Å². The van der Waals surface area contributed by atoms with Crippen LogP contribution in [0.2, 0.25) is 0 Å². The third kappa shape index (κ3) is 1.22. The Bertz CT molecular complexity index is 183. The number of nitrogens with two attached hydrogens (primary N) is 1. The van der Waals surface area contributed by atoms with Crippen molar-refractivity contribution in [2.45, 2.75) is 0 Å². The lowest BCUT2D eigenvalue weighted by atomic mass is 10.4. The van der Waals surface area contributed by atoms with Gasteiger partial charge in [0, 0.05) is 6.20 Å². The normalized spacial score (nSPS) is 15.3. The van der Waals surface area contributed by atoms with Gasteiger partial charge in [0.2, 0.25) is 5.76 Å². The molecule has 4 heteroatoms. The molecule has 1 rings (SSSR count). The predicted molar refractivity (Wildman–Crippen MR) is 30.6 cm³/mol. The molecule has 0 aromatic carbocycles. The van der Waals surface area contributed by atoms with Crippen LogP contribution in [0.5, 0.6) is 0 Å². The predicted octanol–water partition coefficient (Wildman–Crippen LogP) is -0.596. The van der Waals surface area contributed by atoms with Gasteiger partial charge in [0.25, 0.3) is 5.91 Å². The van der Waals surface area contributed by atoms with Crippen LogP contribution in [0, 0.1) is 0 Å². The number of amides is 1. The van der Waals surface area contributed by atoms with Gasteiger partial charge in [-0.15, -0.1) is 0 Å². The number of hydroxylamine groups is 1. The van der Waals surface area contributed by atoms with Crippen LogP contribution in [0.4, 0.5) is 0 Å². The van der Waals surface area contributed by atoms with E-state index in [1.54, 1.807) is 12.3 Å². The van der Waals surface area contributed by atoms with Gasteiger partial charge in [-0.25, -0.2) is 5.48 Å². The minimum absolute atomic E-state index is 0.123. The first kappa shape index (κ1) is 5.68. The fourth-order valence-corrected chi connectivity index (χ4v) is 0.439. The fraction of sp³-hybridized carbons (Fsp3) is 0. The molecule has 0 bridgehead atoms. The van der Waals surface area contributed by atoms with Gasteiger partial charge in [0.1, 0.15) is 0 Å². The topological polar surface area (TPSA) is 64.4 Å². The second-order valence-electron chi connectivity index (χ2n) is 1.47. The monoisotopic (exact) mass is 126 g/mol. The largest absolute Gasteiger partial charge is 0.377 e. The lowest BCUT2D eigenvalue weighted by Gasteiger charge is -2.06. The number of primary amides is 1. The SMILES string of the molecule is NC(=O)C1=CC=CNO1. The Morgan fingerprint density at radius 2 is 2.56 bits per heavy atom. The summed E-state index contributed by atoms with van der Waals surface area (Å²) in [6.07, 6.45) is 4.66. The molecule has 0 unspecified atom stereocenters.